The van der Waals surface area contributed by atoms with E-state index in [1.165, 1.54) is 12.3 Å². The summed E-state index contributed by atoms with van der Waals surface area (Å²) in [6.45, 7) is 6.43. The largest absolute Gasteiger partial charge is 0.465 e. The average Bonchev–Trinajstić information content (AvgIpc) is 3.05. The summed E-state index contributed by atoms with van der Waals surface area (Å²) in [4.78, 5) is 24.8. The molecule has 24 heavy (non-hydrogen) atoms. The second kappa shape index (κ2) is 8.15. The predicted octanol–water partition coefficient (Wildman–Crippen LogP) is 3.13. The summed E-state index contributed by atoms with van der Waals surface area (Å²) in [5, 5.41) is 5.47. The van der Waals surface area contributed by atoms with Gasteiger partial charge in [0.2, 0.25) is 0 Å². The molecule has 0 fully saturated rings. The van der Waals surface area contributed by atoms with Gasteiger partial charge in [-0.3, -0.25) is 9.59 Å². The molecule has 2 amide bonds. The number of hydrogen-bond donors (Lipinski definition) is 2. The first-order chi connectivity index (χ1) is 11.5. The van der Waals surface area contributed by atoms with Crippen molar-refractivity contribution in [1.82, 2.24) is 10.6 Å². The van der Waals surface area contributed by atoms with Crippen molar-refractivity contribution < 1.29 is 14.0 Å². The number of carbonyl (C=O) groups is 2. The minimum atomic E-state index is -0.346. The van der Waals surface area contributed by atoms with E-state index in [1.54, 1.807) is 30.3 Å². The van der Waals surface area contributed by atoms with Crippen molar-refractivity contribution >= 4 is 17.9 Å². The lowest BCUT2D eigenvalue weighted by Gasteiger charge is -2.12. The summed E-state index contributed by atoms with van der Waals surface area (Å²) in [5.41, 5.74) is 1.62. The van der Waals surface area contributed by atoms with Gasteiger partial charge in [-0.25, -0.2) is 0 Å². The van der Waals surface area contributed by atoms with Crippen molar-refractivity contribution in [3.63, 3.8) is 0 Å². The first-order valence-electron chi connectivity index (χ1n) is 7.87. The number of carbonyl (C=O) groups excluding carboxylic acids is 2. The molecule has 126 valence electrons. The van der Waals surface area contributed by atoms with E-state index in [4.69, 9.17) is 4.42 Å². The second-order valence-electron chi connectivity index (χ2n) is 6.00. The smallest absolute Gasteiger partial charge is 0.267 e. The van der Waals surface area contributed by atoms with E-state index in [9.17, 15) is 9.59 Å². The van der Waals surface area contributed by atoms with Crippen LogP contribution in [-0.2, 0) is 4.79 Å². The highest BCUT2D eigenvalue weighted by atomic mass is 16.3. The summed E-state index contributed by atoms with van der Waals surface area (Å²) in [7, 11) is 0. The van der Waals surface area contributed by atoms with Gasteiger partial charge < -0.3 is 15.1 Å². The van der Waals surface area contributed by atoms with Crippen molar-refractivity contribution in [2.24, 2.45) is 5.92 Å². The third kappa shape index (κ3) is 5.12. The van der Waals surface area contributed by atoms with Crippen LogP contribution < -0.4 is 10.6 Å². The summed E-state index contributed by atoms with van der Waals surface area (Å²) < 4.78 is 5.24. The normalized spacial score (nSPS) is 11.4. The van der Waals surface area contributed by atoms with Gasteiger partial charge in [-0.2, -0.15) is 0 Å². The Labute approximate surface area is 141 Å². The molecule has 0 aliphatic rings. The lowest BCUT2D eigenvalue weighted by atomic mass is 10.1. The van der Waals surface area contributed by atoms with Gasteiger partial charge in [0, 0.05) is 18.2 Å². The van der Waals surface area contributed by atoms with E-state index in [-0.39, 0.29) is 17.5 Å². The molecule has 0 saturated heterocycles. The molecule has 0 radical (unpaired) electrons. The Morgan fingerprint density at radius 1 is 1.21 bits per heavy atom. The van der Waals surface area contributed by atoms with Gasteiger partial charge in [-0.15, -0.1) is 0 Å². The molecular weight excluding hydrogens is 304 g/mol. The van der Waals surface area contributed by atoms with Crippen molar-refractivity contribution in [2.45, 2.75) is 20.8 Å². The van der Waals surface area contributed by atoms with E-state index in [2.05, 4.69) is 10.6 Å². The highest BCUT2D eigenvalue weighted by Gasteiger charge is 2.15. The van der Waals surface area contributed by atoms with E-state index in [0.29, 0.717) is 23.8 Å². The fourth-order valence-corrected chi connectivity index (χ4v) is 2.05. The van der Waals surface area contributed by atoms with Gasteiger partial charge >= 0.3 is 0 Å². The van der Waals surface area contributed by atoms with Gasteiger partial charge in [0.1, 0.15) is 11.5 Å². The predicted molar refractivity (Wildman–Crippen MR) is 93.2 cm³/mol. The number of aryl methyl sites for hydroxylation is 1. The van der Waals surface area contributed by atoms with E-state index >= 15 is 0 Å². The standard InChI is InChI=1S/C19H22N2O3/c1-13(2)12-20-19(23)17(11-16-8-5-9-24-16)21-18(22)15-7-4-6-14(3)10-15/h4-11,13H,12H2,1-3H3,(H,20,23)(H,21,22)/b17-11-. The van der Waals surface area contributed by atoms with Crippen LogP contribution in [0.3, 0.4) is 0 Å². The van der Waals surface area contributed by atoms with E-state index in [1.807, 2.05) is 26.8 Å². The van der Waals surface area contributed by atoms with Crippen molar-refractivity contribution in [2.75, 3.05) is 6.54 Å². The Bertz CT molecular complexity index is 731. The van der Waals surface area contributed by atoms with E-state index in [0.717, 1.165) is 5.56 Å². The lowest BCUT2D eigenvalue weighted by molar-refractivity contribution is -0.117. The average molecular weight is 326 g/mol. The molecule has 1 aromatic heterocycles. The number of benzene rings is 1. The third-order valence-electron chi connectivity index (χ3n) is 3.27. The van der Waals surface area contributed by atoms with Gasteiger partial charge in [-0.1, -0.05) is 31.5 Å². The zero-order valence-electron chi connectivity index (χ0n) is 14.1. The Hall–Kier alpha value is -2.82. The van der Waals surface area contributed by atoms with Crippen LogP contribution in [0, 0.1) is 12.8 Å². The maximum atomic E-state index is 12.4. The van der Waals surface area contributed by atoms with Crippen LogP contribution in [0.5, 0.6) is 0 Å². The highest BCUT2D eigenvalue weighted by molar-refractivity contribution is 6.05. The number of hydrogen-bond acceptors (Lipinski definition) is 3. The quantitative estimate of drug-likeness (QED) is 0.801. The first-order valence-corrected chi connectivity index (χ1v) is 7.87. The highest BCUT2D eigenvalue weighted by Crippen LogP contribution is 2.09. The third-order valence-corrected chi connectivity index (χ3v) is 3.27. The maximum Gasteiger partial charge on any atom is 0.267 e. The van der Waals surface area contributed by atoms with Crippen LogP contribution in [0.15, 0.2) is 52.8 Å². The minimum Gasteiger partial charge on any atom is -0.465 e. The molecule has 5 nitrogen and oxygen atoms in total. The van der Waals surface area contributed by atoms with E-state index < -0.39 is 0 Å². The first kappa shape index (κ1) is 17.5. The molecule has 5 heteroatoms. The van der Waals surface area contributed by atoms with Gasteiger partial charge in [0.05, 0.1) is 6.26 Å². The molecule has 0 aliphatic carbocycles. The van der Waals surface area contributed by atoms with Crippen LogP contribution in [0.2, 0.25) is 0 Å². The summed E-state index contributed by atoms with van der Waals surface area (Å²) in [6, 6.07) is 10.6. The fourth-order valence-electron chi connectivity index (χ4n) is 2.05. The molecule has 0 bridgehead atoms. The monoisotopic (exact) mass is 326 g/mol. The van der Waals surface area contributed by atoms with Crippen LogP contribution >= 0.6 is 0 Å². The molecule has 0 saturated carbocycles. The topological polar surface area (TPSA) is 71.3 Å². The number of amides is 2. The zero-order valence-corrected chi connectivity index (χ0v) is 14.1. The maximum absolute atomic E-state index is 12.4. The fraction of sp³-hybridized carbons (Fsp3) is 0.263. The van der Waals surface area contributed by atoms with Gasteiger partial charge in [0.25, 0.3) is 11.8 Å². The molecule has 0 aliphatic heterocycles. The van der Waals surface area contributed by atoms with Crippen molar-refractivity contribution in [3.8, 4) is 0 Å². The molecule has 0 spiro atoms. The Balaban J connectivity index is 2.19. The molecule has 1 aromatic carbocycles. The SMILES string of the molecule is Cc1cccc(C(=O)N/C(=C\c2ccco2)C(=O)NCC(C)C)c1. The molecule has 0 unspecified atom stereocenters. The van der Waals surface area contributed by atoms with Crippen LogP contribution in [-0.4, -0.2) is 18.4 Å². The van der Waals surface area contributed by atoms with Crippen molar-refractivity contribution in [3.05, 3.63) is 65.2 Å². The Morgan fingerprint density at radius 3 is 2.62 bits per heavy atom. The second-order valence-corrected chi connectivity index (χ2v) is 6.00. The number of furan rings is 1. The van der Waals surface area contributed by atoms with Gasteiger partial charge in [-0.05, 0) is 37.1 Å². The molecule has 0 atom stereocenters. The van der Waals surface area contributed by atoms with Crippen molar-refractivity contribution in [1.29, 1.82) is 0 Å². The van der Waals surface area contributed by atoms with Crippen LogP contribution in [0.25, 0.3) is 6.08 Å². The molecule has 2 rings (SSSR count). The molecule has 2 N–H and O–H groups in total. The Morgan fingerprint density at radius 2 is 2.00 bits per heavy atom. The lowest BCUT2D eigenvalue weighted by Crippen LogP contribution is -2.36. The minimum absolute atomic E-state index is 0.150. The molecule has 1 heterocycles. The van der Waals surface area contributed by atoms with Crippen LogP contribution in [0.4, 0.5) is 0 Å². The molecule has 2 aromatic rings. The Kier molecular flexibility index (Phi) is 5.95. The van der Waals surface area contributed by atoms with Crippen LogP contribution in [0.1, 0.15) is 35.5 Å². The number of rotatable bonds is 6. The van der Waals surface area contributed by atoms with Gasteiger partial charge in [0.15, 0.2) is 0 Å². The summed E-state index contributed by atoms with van der Waals surface area (Å²) in [5.74, 6) is 0.123. The molecular formula is C19H22N2O3. The number of nitrogens with one attached hydrogen (secondary N) is 2. The zero-order chi connectivity index (χ0) is 17.5. The summed E-state index contributed by atoms with van der Waals surface area (Å²) >= 11 is 0. The summed E-state index contributed by atoms with van der Waals surface area (Å²) in [6.07, 6.45) is 3.03.